The summed E-state index contributed by atoms with van der Waals surface area (Å²) in [5.41, 5.74) is 2.56. The lowest BCUT2D eigenvalue weighted by molar-refractivity contribution is -0.192. The number of carbonyl (C=O) groups excluding carboxylic acids is 1. The molecule has 1 aromatic heterocycles. The number of pyridine rings is 1. The van der Waals surface area contributed by atoms with E-state index in [9.17, 15) is 26.4 Å². The van der Waals surface area contributed by atoms with Gasteiger partial charge >= 0.3 is 12.1 Å². The lowest BCUT2D eigenvalue weighted by Crippen LogP contribution is -2.37. The first-order chi connectivity index (χ1) is 15.7. The summed E-state index contributed by atoms with van der Waals surface area (Å²) in [5.74, 6) is -3.00. The van der Waals surface area contributed by atoms with Crippen molar-refractivity contribution in [3.05, 3.63) is 53.9 Å². The number of hydrogen-bond acceptors (Lipinski definition) is 6. The number of anilines is 2. The molecular formula is C21H22F3N3O6S. The molecule has 0 saturated carbocycles. The minimum atomic E-state index is -5.08. The van der Waals surface area contributed by atoms with Crippen LogP contribution in [0.3, 0.4) is 0 Å². The van der Waals surface area contributed by atoms with Gasteiger partial charge in [-0.3, -0.25) is 14.1 Å². The Bertz CT molecular complexity index is 1190. The Kier molecular flexibility index (Phi) is 6.90. The van der Waals surface area contributed by atoms with Crippen LogP contribution in [-0.4, -0.2) is 62.1 Å². The molecule has 1 aromatic carbocycles. The van der Waals surface area contributed by atoms with Gasteiger partial charge in [0.15, 0.2) is 0 Å². The molecule has 184 valence electrons. The Balaban J connectivity index is 0.000000406. The average molecular weight is 501 g/mol. The number of nitrogens with zero attached hydrogens (tertiary/aromatic N) is 2. The minimum Gasteiger partial charge on any atom is -0.475 e. The molecule has 1 amide bonds. The van der Waals surface area contributed by atoms with Gasteiger partial charge in [0.25, 0.3) is 5.91 Å². The normalized spacial score (nSPS) is 21.6. The first-order valence-electron chi connectivity index (χ1n) is 9.95. The average Bonchev–Trinajstić information content (AvgIpc) is 3.32. The van der Waals surface area contributed by atoms with Crippen molar-refractivity contribution in [3.8, 4) is 0 Å². The summed E-state index contributed by atoms with van der Waals surface area (Å²) in [6, 6.07) is 11.0. The maximum Gasteiger partial charge on any atom is 0.490 e. The molecule has 2 aromatic rings. The highest BCUT2D eigenvalue weighted by molar-refractivity contribution is 7.92. The van der Waals surface area contributed by atoms with Crippen molar-refractivity contribution >= 4 is 33.3 Å². The highest BCUT2D eigenvalue weighted by atomic mass is 32.2. The number of carbonyl (C=O) groups is 2. The summed E-state index contributed by atoms with van der Waals surface area (Å²) in [6.07, 6.45) is -2.48. The SMILES string of the molecule is Cc1ccc(NC(=O)C2CC3(CO2)CN(S(C)(=O)=O)c2ccccc23)cn1.O=C(O)C(F)(F)F. The van der Waals surface area contributed by atoms with Crippen LogP contribution in [0.5, 0.6) is 0 Å². The Morgan fingerprint density at radius 3 is 2.44 bits per heavy atom. The number of carboxylic acids is 1. The first kappa shape index (κ1) is 25.4. The quantitative estimate of drug-likeness (QED) is 0.662. The largest absolute Gasteiger partial charge is 0.490 e. The molecule has 2 unspecified atom stereocenters. The zero-order valence-electron chi connectivity index (χ0n) is 18.2. The molecule has 34 heavy (non-hydrogen) atoms. The van der Waals surface area contributed by atoms with E-state index in [4.69, 9.17) is 14.6 Å². The second-order valence-electron chi connectivity index (χ2n) is 8.05. The molecule has 2 aliphatic rings. The number of aryl methyl sites for hydroxylation is 1. The number of para-hydroxylation sites is 1. The van der Waals surface area contributed by atoms with E-state index in [-0.39, 0.29) is 5.91 Å². The van der Waals surface area contributed by atoms with Gasteiger partial charge in [-0.15, -0.1) is 0 Å². The predicted octanol–water partition coefficient (Wildman–Crippen LogP) is 2.47. The molecule has 2 atom stereocenters. The van der Waals surface area contributed by atoms with Gasteiger partial charge in [-0.25, -0.2) is 13.2 Å². The van der Waals surface area contributed by atoms with Gasteiger partial charge in [0.05, 0.1) is 30.4 Å². The van der Waals surface area contributed by atoms with Gasteiger partial charge < -0.3 is 15.2 Å². The Labute approximate surface area is 193 Å². The van der Waals surface area contributed by atoms with Gasteiger partial charge in [0.2, 0.25) is 10.0 Å². The monoisotopic (exact) mass is 501 g/mol. The van der Waals surface area contributed by atoms with E-state index in [1.54, 1.807) is 18.3 Å². The highest BCUT2D eigenvalue weighted by Crippen LogP contribution is 2.48. The van der Waals surface area contributed by atoms with Crippen LogP contribution in [-0.2, 0) is 29.8 Å². The lowest BCUT2D eigenvalue weighted by atomic mass is 9.80. The zero-order chi connectivity index (χ0) is 25.3. The molecule has 1 spiro atoms. The van der Waals surface area contributed by atoms with Crippen molar-refractivity contribution in [2.45, 2.75) is 31.0 Å². The smallest absolute Gasteiger partial charge is 0.475 e. The number of aromatic nitrogens is 1. The van der Waals surface area contributed by atoms with E-state index in [0.29, 0.717) is 30.9 Å². The Morgan fingerprint density at radius 2 is 1.88 bits per heavy atom. The van der Waals surface area contributed by atoms with E-state index < -0.39 is 33.7 Å². The second kappa shape index (κ2) is 9.22. The van der Waals surface area contributed by atoms with Crippen LogP contribution in [0.15, 0.2) is 42.6 Å². The fraction of sp³-hybridized carbons (Fsp3) is 0.381. The van der Waals surface area contributed by atoms with Crippen LogP contribution in [0.1, 0.15) is 17.7 Å². The molecule has 1 fully saturated rings. The number of ether oxygens (including phenoxy) is 1. The van der Waals surface area contributed by atoms with Gasteiger partial charge in [-0.1, -0.05) is 18.2 Å². The Morgan fingerprint density at radius 1 is 1.24 bits per heavy atom. The van der Waals surface area contributed by atoms with Crippen LogP contribution in [0.2, 0.25) is 0 Å². The molecule has 0 radical (unpaired) electrons. The number of halogens is 3. The van der Waals surface area contributed by atoms with Gasteiger partial charge in [-0.05, 0) is 37.1 Å². The number of amides is 1. The summed E-state index contributed by atoms with van der Waals surface area (Å²) in [6.45, 7) is 2.47. The zero-order valence-corrected chi connectivity index (χ0v) is 19.0. The number of hydrogen-bond donors (Lipinski definition) is 2. The molecule has 9 nitrogen and oxygen atoms in total. The topological polar surface area (TPSA) is 126 Å². The molecular weight excluding hydrogens is 479 g/mol. The minimum absolute atomic E-state index is 0.243. The third kappa shape index (κ3) is 5.47. The predicted molar refractivity (Wildman–Crippen MR) is 116 cm³/mol. The number of fused-ring (bicyclic) bond motifs is 2. The molecule has 0 bridgehead atoms. The van der Waals surface area contributed by atoms with Gasteiger partial charge in [-0.2, -0.15) is 13.2 Å². The van der Waals surface area contributed by atoms with Crippen LogP contribution >= 0.6 is 0 Å². The maximum absolute atomic E-state index is 12.6. The number of benzene rings is 1. The van der Waals surface area contributed by atoms with Crippen LogP contribution < -0.4 is 9.62 Å². The van der Waals surface area contributed by atoms with E-state index in [0.717, 1.165) is 11.3 Å². The number of aliphatic carboxylic acids is 1. The van der Waals surface area contributed by atoms with Crippen molar-refractivity contribution in [2.24, 2.45) is 0 Å². The first-order valence-corrected chi connectivity index (χ1v) is 11.8. The van der Waals surface area contributed by atoms with Crippen LogP contribution in [0.25, 0.3) is 0 Å². The molecule has 0 aliphatic carbocycles. The van der Waals surface area contributed by atoms with E-state index in [1.165, 1.54) is 10.6 Å². The standard InChI is InChI=1S/C19H21N3O4S.C2HF3O2/c1-13-7-8-14(10-20-13)21-18(23)17-9-19(12-26-17)11-22(27(2,24)25)16-6-4-3-5-15(16)19;3-2(4,5)1(6)7/h3-8,10,17H,9,11-12H2,1-2H3,(H,21,23);(H,6,7). The summed E-state index contributed by atoms with van der Waals surface area (Å²) in [5, 5.41) is 9.95. The summed E-state index contributed by atoms with van der Waals surface area (Å²) < 4.78 is 63.4. The third-order valence-corrected chi connectivity index (χ3v) is 6.57. The van der Waals surface area contributed by atoms with Crippen LogP contribution in [0, 0.1) is 6.92 Å². The van der Waals surface area contributed by atoms with Crippen molar-refractivity contribution in [2.75, 3.05) is 29.0 Å². The number of rotatable bonds is 3. The van der Waals surface area contributed by atoms with E-state index >= 15 is 0 Å². The van der Waals surface area contributed by atoms with Crippen LogP contribution in [0.4, 0.5) is 24.5 Å². The fourth-order valence-corrected chi connectivity index (χ4v) is 4.84. The van der Waals surface area contributed by atoms with Gasteiger partial charge in [0.1, 0.15) is 6.10 Å². The fourth-order valence-electron chi connectivity index (χ4n) is 3.84. The Hall–Kier alpha value is -3.19. The van der Waals surface area contributed by atoms with Gasteiger partial charge in [0, 0.05) is 17.7 Å². The summed E-state index contributed by atoms with van der Waals surface area (Å²) in [4.78, 5) is 25.7. The van der Waals surface area contributed by atoms with Crippen molar-refractivity contribution in [1.29, 1.82) is 0 Å². The highest BCUT2D eigenvalue weighted by Gasteiger charge is 2.52. The van der Waals surface area contributed by atoms with E-state index in [1.807, 2.05) is 31.2 Å². The molecule has 1 saturated heterocycles. The number of carboxylic acid groups (broad SMARTS) is 1. The van der Waals surface area contributed by atoms with Crippen molar-refractivity contribution in [3.63, 3.8) is 0 Å². The van der Waals surface area contributed by atoms with E-state index in [2.05, 4.69) is 10.3 Å². The molecule has 3 heterocycles. The number of nitrogens with one attached hydrogen (secondary N) is 1. The van der Waals surface area contributed by atoms with Crippen molar-refractivity contribution < 1.29 is 41.0 Å². The molecule has 4 rings (SSSR count). The molecule has 2 N–H and O–H groups in total. The number of alkyl halides is 3. The molecule has 2 aliphatic heterocycles. The third-order valence-electron chi connectivity index (χ3n) is 5.44. The second-order valence-corrected chi connectivity index (χ2v) is 9.96. The number of sulfonamides is 1. The summed E-state index contributed by atoms with van der Waals surface area (Å²) in [7, 11) is -3.40. The lowest BCUT2D eigenvalue weighted by Gasteiger charge is -2.23. The maximum atomic E-state index is 12.6. The van der Waals surface area contributed by atoms with Crippen molar-refractivity contribution in [1.82, 2.24) is 4.98 Å². The molecule has 13 heteroatoms. The summed E-state index contributed by atoms with van der Waals surface area (Å²) >= 11 is 0.